The van der Waals surface area contributed by atoms with Crippen LogP contribution < -0.4 is 0 Å². The van der Waals surface area contributed by atoms with Crippen LogP contribution >= 0.6 is 23.2 Å². The molecule has 0 bridgehead atoms. The lowest BCUT2D eigenvalue weighted by molar-refractivity contribution is -0.153. The molecule has 1 saturated carbocycles. The summed E-state index contributed by atoms with van der Waals surface area (Å²) in [5.74, 6) is -0.849. The molecule has 1 aromatic heterocycles. The molecule has 1 fully saturated rings. The second-order valence-corrected chi connectivity index (χ2v) is 11.6. The maximum Gasteiger partial charge on any atom is 0.359 e. The number of imidazole rings is 1. The lowest BCUT2D eigenvalue weighted by atomic mass is 9.88. The molecular formula is C30H33Cl2FN2O4. The van der Waals surface area contributed by atoms with Crippen molar-refractivity contribution in [3.8, 4) is 16.9 Å². The van der Waals surface area contributed by atoms with Crippen molar-refractivity contribution in [3.63, 3.8) is 0 Å². The van der Waals surface area contributed by atoms with Gasteiger partial charge in [0.2, 0.25) is 0 Å². The molecule has 3 aromatic rings. The highest BCUT2D eigenvalue weighted by molar-refractivity contribution is 6.31. The largest absolute Gasteiger partial charge is 0.461 e. The highest BCUT2D eigenvalue weighted by atomic mass is 35.5. The second-order valence-electron chi connectivity index (χ2n) is 10.7. The zero-order chi connectivity index (χ0) is 28.3. The molecule has 1 aliphatic carbocycles. The maximum absolute atomic E-state index is 14.2. The summed E-state index contributed by atoms with van der Waals surface area (Å²) in [4.78, 5) is 31.0. The van der Waals surface area contributed by atoms with Crippen LogP contribution in [0.5, 0.6) is 0 Å². The number of carbonyl (C=O) groups is 2. The molecule has 0 radical (unpaired) electrons. The van der Waals surface area contributed by atoms with Gasteiger partial charge in [-0.3, -0.25) is 9.36 Å². The maximum atomic E-state index is 14.2. The van der Waals surface area contributed by atoms with Gasteiger partial charge in [-0.2, -0.15) is 0 Å². The first-order valence-corrected chi connectivity index (χ1v) is 14.0. The fourth-order valence-electron chi connectivity index (χ4n) is 5.00. The molecule has 9 heteroatoms. The Morgan fingerprint density at radius 2 is 1.79 bits per heavy atom. The molecular weight excluding hydrogens is 542 g/mol. The first kappa shape index (κ1) is 29.1. The van der Waals surface area contributed by atoms with Gasteiger partial charge in [0.25, 0.3) is 0 Å². The number of halogens is 3. The predicted octanol–water partition coefficient (Wildman–Crippen LogP) is 8.09. The molecule has 0 amide bonds. The minimum absolute atomic E-state index is 0.0234. The summed E-state index contributed by atoms with van der Waals surface area (Å²) < 4.78 is 27.1. The Bertz CT molecular complexity index is 1370. The average molecular weight is 576 g/mol. The van der Waals surface area contributed by atoms with E-state index in [2.05, 4.69) is 0 Å². The van der Waals surface area contributed by atoms with E-state index >= 15 is 0 Å². The van der Waals surface area contributed by atoms with Gasteiger partial charge in [-0.15, -0.1) is 0 Å². The van der Waals surface area contributed by atoms with Crippen LogP contribution in [0.25, 0.3) is 16.9 Å². The fourth-order valence-corrected chi connectivity index (χ4v) is 5.34. The Balaban J connectivity index is 2.01. The Morgan fingerprint density at radius 1 is 1.08 bits per heavy atom. The van der Waals surface area contributed by atoms with Gasteiger partial charge in [0, 0.05) is 16.5 Å². The van der Waals surface area contributed by atoms with E-state index in [1.54, 1.807) is 31.2 Å². The second kappa shape index (κ2) is 12.1. The molecule has 0 aliphatic heterocycles. The van der Waals surface area contributed by atoms with Crippen LogP contribution in [-0.4, -0.2) is 33.7 Å². The zero-order valence-corrected chi connectivity index (χ0v) is 24.2. The number of hydrogen-bond acceptors (Lipinski definition) is 5. The molecule has 1 heterocycles. The van der Waals surface area contributed by atoms with Gasteiger partial charge in [-0.1, -0.05) is 48.5 Å². The highest BCUT2D eigenvalue weighted by Gasteiger charge is 2.32. The Labute approximate surface area is 238 Å². The molecule has 0 saturated heterocycles. The van der Waals surface area contributed by atoms with E-state index in [9.17, 15) is 14.0 Å². The first-order chi connectivity index (χ1) is 18.5. The number of rotatable bonds is 7. The predicted molar refractivity (Wildman–Crippen MR) is 150 cm³/mol. The fraction of sp³-hybridized carbons (Fsp3) is 0.433. The summed E-state index contributed by atoms with van der Waals surface area (Å²) in [5, 5.41) is 0.358. The topological polar surface area (TPSA) is 70.4 Å². The summed E-state index contributed by atoms with van der Waals surface area (Å²) in [6.07, 6.45) is 4.96. The molecule has 39 heavy (non-hydrogen) atoms. The molecule has 0 spiro atoms. The third-order valence-electron chi connectivity index (χ3n) is 6.58. The number of ether oxygens (including phenoxy) is 2. The number of aromatic nitrogens is 2. The van der Waals surface area contributed by atoms with Gasteiger partial charge in [-0.05, 0) is 76.4 Å². The summed E-state index contributed by atoms with van der Waals surface area (Å²) in [6.45, 7) is 7.32. The van der Waals surface area contributed by atoms with Gasteiger partial charge in [0.1, 0.15) is 17.2 Å². The summed E-state index contributed by atoms with van der Waals surface area (Å²) >= 11 is 12.7. The van der Waals surface area contributed by atoms with E-state index in [0.29, 0.717) is 33.4 Å². The number of nitrogens with zero attached hydrogens (tertiary/aromatic N) is 2. The van der Waals surface area contributed by atoms with Crippen molar-refractivity contribution in [2.45, 2.75) is 77.7 Å². The van der Waals surface area contributed by atoms with Gasteiger partial charge in [-0.25, -0.2) is 14.2 Å². The van der Waals surface area contributed by atoms with E-state index in [0.717, 1.165) is 32.1 Å². The van der Waals surface area contributed by atoms with Crippen molar-refractivity contribution in [2.75, 3.05) is 6.61 Å². The minimum atomic E-state index is -0.654. The summed E-state index contributed by atoms with van der Waals surface area (Å²) in [6, 6.07) is 9.51. The van der Waals surface area contributed by atoms with E-state index in [1.807, 2.05) is 25.3 Å². The van der Waals surface area contributed by atoms with Crippen molar-refractivity contribution in [1.29, 1.82) is 0 Å². The van der Waals surface area contributed by atoms with Crippen LogP contribution in [0.1, 0.15) is 87.6 Å². The van der Waals surface area contributed by atoms with Gasteiger partial charge in [0.05, 0.1) is 29.4 Å². The average Bonchev–Trinajstić information content (AvgIpc) is 3.27. The number of hydrogen-bond donors (Lipinski definition) is 0. The molecule has 2 aromatic carbocycles. The van der Waals surface area contributed by atoms with Crippen LogP contribution in [0, 0.1) is 5.82 Å². The lowest BCUT2D eigenvalue weighted by Crippen LogP contribution is -2.25. The standard InChI is InChI=1S/C30H33Cl2FN2O4/c1-5-38-29(37)26-27(20-12-14-23(33)22(32)15-20)35(28(34-26)18-9-7-6-8-10-18)24-17-21(31)13-11-19(24)16-25(36)39-30(2,3)4/h11-15,17-18H,5-10,16H2,1-4H3. The summed E-state index contributed by atoms with van der Waals surface area (Å²) in [7, 11) is 0. The van der Waals surface area contributed by atoms with E-state index in [4.69, 9.17) is 37.7 Å². The van der Waals surface area contributed by atoms with E-state index in [-0.39, 0.29) is 29.7 Å². The molecule has 6 nitrogen and oxygen atoms in total. The monoisotopic (exact) mass is 574 g/mol. The van der Waals surface area contributed by atoms with Crippen LogP contribution in [0.2, 0.25) is 10.0 Å². The van der Waals surface area contributed by atoms with Crippen LogP contribution in [0.15, 0.2) is 36.4 Å². The number of benzene rings is 2. The van der Waals surface area contributed by atoms with Crippen molar-refractivity contribution in [2.24, 2.45) is 0 Å². The molecule has 1 aliphatic rings. The number of carbonyl (C=O) groups excluding carboxylic acids is 2. The van der Waals surface area contributed by atoms with Crippen molar-refractivity contribution >= 4 is 35.1 Å². The minimum Gasteiger partial charge on any atom is -0.461 e. The molecule has 208 valence electrons. The smallest absolute Gasteiger partial charge is 0.359 e. The third-order valence-corrected chi connectivity index (χ3v) is 7.10. The molecule has 0 atom stereocenters. The Morgan fingerprint density at radius 3 is 2.44 bits per heavy atom. The normalized spacial score (nSPS) is 14.3. The SMILES string of the molecule is CCOC(=O)c1nc(C2CCCCC2)n(-c2cc(Cl)ccc2CC(=O)OC(C)(C)C)c1-c1ccc(F)c(Cl)c1. The van der Waals surface area contributed by atoms with Crippen molar-refractivity contribution in [3.05, 3.63) is 69.3 Å². The molecule has 0 unspecified atom stereocenters. The quantitative estimate of drug-likeness (QED) is 0.266. The summed E-state index contributed by atoms with van der Waals surface area (Å²) in [5.41, 5.74) is 1.58. The van der Waals surface area contributed by atoms with E-state index in [1.165, 1.54) is 12.1 Å². The molecule has 4 rings (SSSR count). The van der Waals surface area contributed by atoms with Crippen LogP contribution in [-0.2, 0) is 20.7 Å². The lowest BCUT2D eigenvalue weighted by Gasteiger charge is -2.25. The number of esters is 2. The van der Waals surface area contributed by atoms with E-state index < -0.39 is 23.4 Å². The zero-order valence-electron chi connectivity index (χ0n) is 22.7. The Hall–Kier alpha value is -2.90. The highest BCUT2D eigenvalue weighted by Crippen LogP contribution is 2.40. The van der Waals surface area contributed by atoms with Crippen LogP contribution in [0.4, 0.5) is 4.39 Å². The van der Waals surface area contributed by atoms with Crippen molar-refractivity contribution in [1.82, 2.24) is 9.55 Å². The Kier molecular flexibility index (Phi) is 9.02. The van der Waals surface area contributed by atoms with Gasteiger partial charge < -0.3 is 9.47 Å². The molecule has 0 N–H and O–H groups in total. The third kappa shape index (κ3) is 6.82. The van der Waals surface area contributed by atoms with Crippen molar-refractivity contribution < 1.29 is 23.5 Å². The van der Waals surface area contributed by atoms with Gasteiger partial charge >= 0.3 is 11.9 Å². The first-order valence-electron chi connectivity index (χ1n) is 13.2. The van der Waals surface area contributed by atoms with Crippen LogP contribution in [0.3, 0.4) is 0 Å². The van der Waals surface area contributed by atoms with Gasteiger partial charge in [0.15, 0.2) is 5.69 Å².